The summed E-state index contributed by atoms with van der Waals surface area (Å²) in [6.07, 6.45) is 5.59. The maximum atomic E-state index is 11.9. The molecule has 1 rings (SSSR count). The Balaban J connectivity index is 2.29. The number of nitro groups is 1. The summed E-state index contributed by atoms with van der Waals surface area (Å²) in [6.45, 7) is 2.13. The van der Waals surface area contributed by atoms with Gasteiger partial charge in [-0.15, -0.1) is 0 Å². The molecule has 9 heteroatoms. The highest BCUT2D eigenvalue weighted by Gasteiger charge is 2.10. The first-order valence-electron chi connectivity index (χ1n) is 8.08. The number of non-ortho nitro benzene ring substituents is 1. The largest absolute Gasteiger partial charge is 0.302 e. The van der Waals surface area contributed by atoms with Gasteiger partial charge in [0, 0.05) is 24.1 Å². The van der Waals surface area contributed by atoms with Crippen LogP contribution in [0.25, 0.3) is 0 Å². The molecule has 0 heterocycles. The number of benzene rings is 1. The normalized spacial score (nSPS) is 9.96. The number of rotatable bonds is 8. The van der Waals surface area contributed by atoms with E-state index >= 15 is 0 Å². The lowest BCUT2D eigenvalue weighted by molar-refractivity contribution is -0.384. The molecule has 0 aliphatic carbocycles. The van der Waals surface area contributed by atoms with Gasteiger partial charge >= 0.3 is 0 Å². The number of carbonyl (C=O) groups excluding carboxylic acids is 2. The minimum Gasteiger partial charge on any atom is -0.302 e. The average Bonchev–Trinajstić information content (AvgIpc) is 2.59. The van der Waals surface area contributed by atoms with Gasteiger partial charge in [-0.2, -0.15) is 0 Å². The highest BCUT2D eigenvalue weighted by molar-refractivity contribution is 7.80. The molecule has 25 heavy (non-hydrogen) atoms. The van der Waals surface area contributed by atoms with Gasteiger partial charge in [0.05, 0.1) is 4.92 Å². The number of carbonyl (C=O) groups is 2. The van der Waals surface area contributed by atoms with Crippen LogP contribution in [-0.4, -0.2) is 21.9 Å². The molecule has 1 aromatic rings. The van der Waals surface area contributed by atoms with Gasteiger partial charge in [-0.3, -0.25) is 30.6 Å². The molecular weight excluding hydrogens is 344 g/mol. The zero-order valence-corrected chi connectivity index (χ0v) is 14.9. The highest BCUT2D eigenvalue weighted by Crippen LogP contribution is 2.11. The van der Waals surface area contributed by atoms with Gasteiger partial charge in [-0.05, 0) is 30.8 Å². The SMILES string of the molecule is CCCCCCCC(=O)NC(=S)NNC(=O)c1ccc([N+](=O)[O-])cc1. The van der Waals surface area contributed by atoms with Crippen molar-refractivity contribution in [3.8, 4) is 0 Å². The van der Waals surface area contributed by atoms with E-state index in [0.29, 0.717) is 6.42 Å². The summed E-state index contributed by atoms with van der Waals surface area (Å²) >= 11 is 4.93. The van der Waals surface area contributed by atoms with E-state index in [1.165, 1.54) is 24.3 Å². The van der Waals surface area contributed by atoms with Crippen molar-refractivity contribution < 1.29 is 14.5 Å². The number of nitrogens with one attached hydrogen (secondary N) is 3. The molecule has 0 atom stereocenters. The molecule has 0 aromatic heterocycles. The van der Waals surface area contributed by atoms with Crippen molar-refractivity contribution in [3.63, 3.8) is 0 Å². The fourth-order valence-corrected chi connectivity index (χ4v) is 2.19. The Morgan fingerprint density at radius 1 is 1.08 bits per heavy atom. The quantitative estimate of drug-likeness (QED) is 0.282. The molecule has 8 nitrogen and oxygen atoms in total. The van der Waals surface area contributed by atoms with Crippen LogP contribution in [0.4, 0.5) is 5.69 Å². The number of nitro benzene ring substituents is 1. The molecule has 2 amide bonds. The highest BCUT2D eigenvalue weighted by atomic mass is 32.1. The van der Waals surface area contributed by atoms with Gasteiger partial charge in [0.2, 0.25) is 5.91 Å². The minimum atomic E-state index is -0.549. The fraction of sp³-hybridized carbons (Fsp3) is 0.438. The standard InChI is InChI=1S/C16H22N4O4S/c1-2-3-4-5-6-7-14(21)17-16(25)19-18-15(22)12-8-10-13(11-9-12)20(23)24/h8-11H,2-7H2,1H3,(H,18,22)(H2,17,19,21,25). The van der Waals surface area contributed by atoms with E-state index in [-0.39, 0.29) is 22.3 Å². The van der Waals surface area contributed by atoms with E-state index in [1.807, 2.05) is 0 Å². The number of hydrogen-bond acceptors (Lipinski definition) is 5. The van der Waals surface area contributed by atoms with Crippen molar-refractivity contribution in [3.05, 3.63) is 39.9 Å². The van der Waals surface area contributed by atoms with E-state index in [1.54, 1.807) is 0 Å². The summed E-state index contributed by atoms with van der Waals surface area (Å²) in [6, 6.07) is 5.11. The lowest BCUT2D eigenvalue weighted by atomic mass is 10.1. The third-order valence-electron chi connectivity index (χ3n) is 3.39. The number of hydrogen-bond donors (Lipinski definition) is 3. The Bertz CT molecular complexity index is 619. The first kappa shape index (κ1) is 20.5. The van der Waals surface area contributed by atoms with Gasteiger partial charge < -0.3 is 5.32 Å². The van der Waals surface area contributed by atoms with Gasteiger partial charge in [0.15, 0.2) is 5.11 Å². The van der Waals surface area contributed by atoms with E-state index in [9.17, 15) is 19.7 Å². The molecule has 0 aliphatic rings. The predicted octanol–water partition coefficient (Wildman–Crippen LogP) is 2.59. The predicted molar refractivity (Wildman–Crippen MR) is 97.8 cm³/mol. The summed E-state index contributed by atoms with van der Waals surface area (Å²) in [5.41, 5.74) is 4.87. The fourth-order valence-electron chi connectivity index (χ4n) is 2.03. The second-order valence-corrected chi connectivity index (χ2v) is 5.83. The number of amides is 2. The van der Waals surface area contributed by atoms with E-state index < -0.39 is 10.8 Å². The summed E-state index contributed by atoms with van der Waals surface area (Å²) in [5, 5.41) is 13.0. The molecular formula is C16H22N4O4S. The Kier molecular flexibility index (Phi) is 9.09. The number of hydrazine groups is 1. The Labute approximate surface area is 151 Å². The maximum Gasteiger partial charge on any atom is 0.269 e. The summed E-state index contributed by atoms with van der Waals surface area (Å²) < 4.78 is 0. The topological polar surface area (TPSA) is 113 Å². The Hall–Kier alpha value is -2.55. The van der Waals surface area contributed by atoms with E-state index in [0.717, 1.165) is 32.1 Å². The number of unbranched alkanes of at least 4 members (excludes halogenated alkanes) is 4. The van der Waals surface area contributed by atoms with Crippen molar-refractivity contribution >= 4 is 34.8 Å². The van der Waals surface area contributed by atoms with Crippen molar-refractivity contribution in [2.75, 3.05) is 0 Å². The average molecular weight is 366 g/mol. The second-order valence-electron chi connectivity index (χ2n) is 5.42. The van der Waals surface area contributed by atoms with Crippen LogP contribution in [0.1, 0.15) is 55.8 Å². The van der Waals surface area contributed by atoms with Crippen LogP contribution in [0.3, 0.4) is 0 Å². The minimum absolute atomic E-state index is 0.00572. The molecule has 0 unspecified atom stereocenters. The molecule has 136 valence electrons. The molecule has 3 N–H and O–H groups in total. The monoisotopic (exact) mass is 366 g/mol. The molecule has 0 saturated carbocycles. The maximum absolute atomic E-state index is 11.9. The third kappa shape index (κ3) is 8.20. The number of nitrogens with zero attached hydrogens (tertiary/aromatic N) is 1. The van der Waals surface area contributed by atoms with Crippen LogP contribution in [0, 0.1) is 10.1 Å². The van der Waals surface area contributed by atoms with Crippen LogP contribution >= 0.6 is 12.2 Å². The van der Waals surface area contributed by atoms with Gasteiger partial charge in [-0.25, -0.2) is 0 Å². The van der Waals surface area contributed by atoms with Gasteiger partial charge in [0.1, 0.15) is 0 Å². The first-order valence-corrected chi connectivity index (χ1v) is 8.49. The van der Waals surface area contributed by atoms with E-state index in [4.69, 9.17) is 12.2 Å². The smallest absolute Gasteiger partial charge is 0.269 e. The summed E-state index contributed by atoms with van der Waals surface area (Å²) in [4.78, 5) is 33.6. The van der Waals surface area contributed by atoms with Crippen molar-refractivity contribution in [2.45, 2.75) is 45.4 Å². The lowest BCUT2D eigenvalue weighted by Crippen LogP contribution is -2.48. The second kappa shape index (κ2) is 11.1. The van der Waals surface area contributed by atoms with Gasteiger partial charge in [-0.1, -0.05) is 32.6 Å². The van der Waals surface area contributed by atoms with Crippen LogP contribution in [0.15, 0.2) is 24.3 Å². The molecule has 0 radical (unpaired) electrons. The van der Waals surface area contributed by atoms with Crippen LogP contribution in [0.5, 0.6) is 0 Å². The molecule has 0 aliphatic heterocycles. The zero-order chi connectivity index (χ0) is 18.7. The van der Waals surface area contributed by atoms with Crippen LogP contribution < -0.4 is 16.2 Å². The number of thiocarbonyl (C=S) groups is 1. The summed E-state index contributed by atoms with van der Waals surface area (Å²) in [7, 11) is 0. The molecule has 0 saturated heterocycles. The molecule has 0 spiro atoms. The third-order valence-corrected chi connectivity index (χ3v) is 3.59. The Morgan fingerprint density at radius 3 is 2.32 bits per heavy atom. The molecule has 1 aromatic carbocycles. The van der Waals surface area contributed by atoms with Crippen LogP contribution in [-0.2, 0) is 4.79 Å². The van der Waals surface area contributed by atoms with E-state index in [2.05, 4.69) is 23.1 Å². The first-order chi connectivity index (χ1) is 11.9. The van der Waals surface area contributed by atoms with Crippen molar-refractivity contribution in [2.24, 2.45) is 0 Å². The molecule has 0 fully saturated rings. The summed E-state index contributed by atoms with van der Waals surface area (Å²) in [5.74, 6) is -0.732. The van der Waals surface area contributed by atoms with Crippen LogP contribution in [0.2, 0.25) is 0 Å². The lowest BCUT2D eigenvalue weighted by Gasteiger charge is -2.10. The zero-order valence-electron chi connectivity index (χ0n) is 14.0. The van der Waals surface area contributed by atoms with Crippen molar-refractivity contribution in [1.29, 1.82) is 0 Å². The Morgan fingerprint density at radius 2 is 1.72 bits per heavy atom. The molecule has 0 bridgehead atoms. The van der Waals surface area contributed by atoms with Crippen molar-refractivity contribution in [1.82, 2.24) is 16.2 Å². The van der Waals surface area contributed by atoms with Gasteiger partial charge in [0.25, 0.3) is 11.6 Å².